The molecule has 0 unspecified atom stereocenters. The molecule has 5 nitrogen and oxygen atoms in total. The number of hydrogen-bond acceptors (Lipinski definition) is 3. The smallest absolute Gasteiger partial charge is 0.332 e. The van der Waals surface area contributed by atoms with Gasteiger partial charge in [-0.3, -0.25) is 4.79 Å². The van der Waals surface area contributed by atoms with E-state index in [0.29, 0.717) is 12.4 Å². The van der Waals surface area contributed by atoms with Crippen LogP contribution in [-0.4, -0.2) is 17.0 Å². The molecule has 0 saturated heterocycles. The van der Waals surface area contributed by atoms with E-state index in [4.69, 9.17) is 10.5 Å². The quantitative estimate of drug-likeness (QED) is 0.758. The van der Waals surface area contributed by atoms with Gasteiger partial charge < -0.3 is 15.6 Å². The molecule has 25 heavy (non-hydrogen) atoms. The lowest BCUT2D eigenvalue weighted by Gasteiger charge is -2.12. The minimum absolute atomic E-state index is 0.0309. The zero-order valence-corrected chi connectivity index (χ0v) is 14.3. The number of aryl methyl sites for hydroxylation is 2. The van der Waals surface area contributed by atoms with Crippen molar-refractivity contribution in [1.29, 1.82) is 0 Å². The largest absolute Gasteiger partial charge is 0.489 e. The second-order valence-corrected chi connectivity index (χ2v) is 5.86. The van der Waals surface area contributed by atoms with Crippen LogP contribution in [0.15, 0.2) is 48.0 Å². The fraction of sp³-hybridized carbons (Fsp3) is 0.200. The molecular weight excluding hydrogens is 318 g/mol. The highest BCUT2D eigenvalue weighted by Gasteiger charge is 2.13. The van der Waals surface area contributed by atoms with E-state index >= 15 is 0 Å². The highest BCUT2D eigenvalue weighted by atomic mass is 16.5. The lowest BCUT2D eigenvalue weighted by Crippen LogP contribution is -2.15. The number of carboxylic acid groups (broad SMARTS) is 1. The molecule has 0 spiro atoms. The first-order valence-electron chi connectivity index (χ1n) is 7.87. The van der Waals surface area contributed by atoms with E-state index in [1.165, 1.54) is 6.08 Å². The Morgan fingerprint density at radius 3 is 2.24 bits per heavy atom. The molecule has 130 valence electrons. The summed E-state index contributed by atoms with van der Waals surface area (Å²) < 4.78 is 5.81. The summed E-state index contributed by atoms with van der Waals surface area (Å²) in [6.07, 6.45) is 1.19. The Labute approximate surface area is 146 Å². The predicted octanol–water partition coefficient (Wildman–Crippen LogP) is 3.23. The Hall–Kier alpha value is -3.08. The third-order valence-corrected chi connectivity index (χ3v) is 3.77. The van der Waals surface area contributed by atoms with Gasteiger partial charge in [0, 0.05) is 5.57 Å². The molecule has 0 atom stereocenters. The number of hydrogen-bond donors (Lipinski definition) is 2. The SMILES string of the molecule is Cc1cc(OCc2ccccc2)cc(C)c1/C=C(/CC(N)=O)C(=O)O. The summed E-state index contributed by atoms with van der Waals surface area (Å²) in [5.74, 6) is -1.11. The lowest BCUT2D eigenvalue weighted by atomic mass is 9.98. The average Bonchev–Trinajstić information content (AvgIpc) is 2.55. The molecule has 0 aliphatic carbocycles. The molecule has 0 radical (unpaired) electrons. The summed E-state index contributed by atoms with van der Waals surface area (Å²) in [7, 11) is 0. The second-order valence-electron chi connectivity index (χ2n) is 5.86. The van der Waals surface area contributed by atoms with Gasteiger partial charge in [0.15, 0.2) is 0 Å². The molecular formula is C20H21NO4. The number of primary amides is 1. The van der Waals surface area contributed by atoms with E-state index in [-0.39, 0.29) is 12.0 Å². The van der Waals surface area contributed by atoms with Crippen molar-refractivity contribution in [3.8, 4) is 5.75 Å². The van der Waals surface area contributed by atoms with Crippen LogP contribution in [0.3, 0.4) is 0 Å². The van der Waals surface area contributed by atoms with Crippen LogP contribution >= 0.6 is 0 Å². The number of carbonyl (C=O) groups is 2. The molecule has 0 heterocycles. The fourth-order valence-corrected chi connectivity index (χ4v) is 2.54. The first kappa shape index (κ1) is 18.3. The summed E-state index contributed by atoms with van der Waals surface area (Å²) in [4.78, 5) is 22.3. The van der Waals surface area contributed by atoms with Crippen molar-refractivity contribution in [2.75, 3.05) is 0 Å². The van der Waals surface area contributed by atoms with Gasteiger partial charge in [-0.25, -0.2) is 4.79 Å². The van der Waals surface area contributed by atoms with Gasteiger partial charge in [0.25, 0.3) is 0 Å². The number of aliphatic carboxylic acids is 1. The number of amides is 1. The van der Waals surface area contributed by atoms with Crippen LogP contribution in [0.25, 0.3) is 6.08 Å². The normalized spacial score (nSPS) is 11.2. The molecule has 0 aromatic heterocycles. The van der Waals surface area contributed by atoms with Gasteiger partial charge >= 0.3 is 5.97 Å². The summed E-state index contributed by atoms with van der Waals surface area (Å²) in [6, 6.07) is 13.5. The fourth-order valence-electron chi connectivity index (χ4n) is 2.54. The molecule has 2 aromatic carbocycles. The summed E-state index contributed by atoms with van der Waals surface area (Å²) in [6.45, 7) is 4.20. The van der Waals surface area contributed by atoms with E-state index < -0.39 is 11.9 Å². The Morgan fingerprint density at radius 1 is 1.12 bits per heavy atom. The number of rotatable bonds is 7. The van der Waals surface area contributed by atoms with Crippen molar-refractivity contribution >= 4 is 18.0 Å². The molecule has 0 bridgehead atoms. The predicted molar refractivity (Wildman–Crippen MR) is 96.1 cm³/mol. The van der Waals surface area contributed by atoms with Crippen molar-refractivity contribution in [3.05, 3.63) is 70.3 Å². The van der Waals surface area contributed by atoms with Gasteiger partial charge in [0.2, 0.25) is 5.91 Å². The maximum absolute atomic E-state index is 11.3. The molecule has 1 amide bonds. The van der Waals surface area contributed by atoms with Crippen LogP contribution in [0.2, 0.25) is 0 Å². The Bertz CT molecular complexity index is 787. The Morgan fingerprint density at radius 2 is 1.72 bits per heavy atom. The molecule has 0 saturated carbocycles. The van der Waals surface area contributed by atoms with Crippen LogP contribution < -0.4 is 10.5 Å². The number of carboxylic acids is 1. The summed E-state index contributed by atoms with van der Waals surface area (Å²) in [5, 5.41) is 9.23. The van der Waals surface area contributed by atoms with Crippen LogP contribution in [-0.2, 0) is 16.2 Å². The first-order chi connectivity index (χ1) is 11.9. The minimum atomic E-state index is -1.15. The number of ether oxygens (including phenoxy) is 1. The number of benzene rings is 2. The van der Waals surface area contributed by atoms with E-state index in [2.05, 4.69) is 0 Å². The minimum Gasteiger partial charge on any atom is -0.489 e. The van der Waals surface area contributed by atoms with Gasteiger partial charge in [-0.1, -0.05) is 30.3 Å². The molecule has 0 fully saturated rings. The monoisotopic (exact) mass is 339 g/mol. The number of nitrogens with two attached hydrogens (primary N) is 1. The number of carbonyl (C=O) groups excluding carboxylic acids is 1. The van der Waals surface area contributed by atoms with Crippen molar-refractivity contribution in [1.82, 2.24) is 0 Å². The van der Waals surface area contributed by atoms with Gasteiger partial charge in [-0.15, -0.1) is 0 Å². The van der Waals surface area contributed by atoms with E-state index in [0.717, 1.165) is 22.3 Å². The lowest BCUT2D eigenvalue weighted by molar-refractivity contribution is -0.133. The molecule has 0 aliphatic heterocycles. The molecule has 3 N–H and O–H groups in total. The topological polar surface area (TPSA) is 89.6 Å². The summed E-state index contributed by atoms with van der Waals surface area (Å²) >= 11 is 0. The second kappa shape index (κ2) is 8.15. The maximum atomic E-state index is 11.3. The molecule has 0 aliphatic rings. The molecule has 2 rings (SSSR count). The third kappa shape index (κ3) is 5.21. The third-order valence-electron chi connectivity index (χ3n) is 3.77. The van der Waals surface area contributed by atoms with Crippen molar-refractivity contribution in [2.24, 2.45) is 5.73 Å². The van der Waals surface area contributed by atoms with Gasteiger partial charge in [-0.2, -0.15) is 0 Å². The Balaban J connectivity index is 2.24. The highest BCUT2D eigenvalue weighted by molar-refractivity contribution is 5.98. The van der Waals surface area contributed by atoms with Crippen molar-refractivity contribution < 1.29 is 19.4 Å². The van der Waals surface area contributed by atoms with E-state index in [1.54, 1.807) is 0 Å². The standard InChI is InChI=1S/C20H21NO4/c1-13-8-17(25-12-15-6-4-3-5-7-15)9-14(2)18(13)10-16(20(23)24)11-19(21)22/h3-10H,11-12H2,1-2H3,(H2,21,22)(H,23,24)/b16-10-. The maximum Gasteiger partial charge on any atom is 0.332 e. The highest BCUT2D eigenvalue weighted by Crippen LogP contribution is 2.25. The van der Waals surface area contributed by atoms with Gasteiger partial charge in [-0.05, 0) is 54.3 Å². The van der Waals surface area contributed by atoms with Crippen molar-refractivity contribution in [3.63, 3.8) is 0 Å². The van der Waals surface area contributed by atoms with Crippen LogP contribution in [0, 0.1) is 13.8 Å². The zero-order chi connectivity index (χ0) is 18.4. The van der Waals surface area contributed by atoms with Crippen molar-refractivity contribution in [2.45, 2.75) is 26.9 Å². The Kier molecular flexibility index (Phi) is 5.95. The molecule has 2 aromatic rings. The van der Waals surface area contributed by atoms with Gasteiger partial charge in [0.1, 0.15) is 12.4 Å². The molecule has 5 heteroatoms. The average molecular weight is 339 g/mol. The summed E-state index contributed by atoms with van der Waals surface area (Å²) in [5.41, 5.74) is 8.64. The van der Waals surface area contributed by atoms with E-state index in [1.807, 2.05) is 56.3 Å². The first-order valence-corrected chi connectivity index (χ1v) is 7.87. The van der Waals surface area contributed by atoms with Crippen LogP contribution in [0.5, 0.6) is 5.75 Å². The zero-order valence-electron chi connectivity index (χ0n) is 14.3. The van der Waals surface area contributed by atoms with Crippen LogP contribution in [0.4, 0.5) is 0 Å². The van der Waals surface area contributed by atoms with E-state index in [9.17, 15) is 14.7 Å². The van der Waals surface area contributed by atoms with Crippen LogP contribution in [0.1, 0.15) is 28.7 Å². The van der Waals surface area contributed by atoms with Gasteiger partial charge in [0.05, 0.1) is 6.42 Å².